The van der Waals surface area contributed by atoms with E-state index in [0.29, 0.717) is 16.7 Å². The van der Waals surface area contributed by atoms with Crippen molar-refractivity contribution < 1.29 is 14.6 Å². The van der Waals surface area contributed by atoms with Crippen LogP contribution in [0.4, 0.5) is 0 Å². The summed E-state index contributed by atoms with van der Waals surface area (Å²) in [6, 6.07) is 3.21. The zero-order valence-corrected chi connectivity index (χ0v) is 8.70. The van der Waals surface area contributed by atoms with Crippen LogP contribution < -0.4 is 0 Å². The molecule has 0 fully saturated rings. The fraction of sp³-hybridized carbons (Fsp3) is 0.250. The van der Waals surface area contributed by atoms with Gasteiger partial charge in [0.2, 0.25) is 0 Å². The smallest absolute Gasteiger partial charge is 0.339 e. The zero-order valence-electron chi connectivity index (χ0n) is 8.70. The first-order valence-electron chi connectivity index (χ1n) is 4.69. The highest BCUT2D eigenvalue weighted by Gasteiger charge is 2.39. The van der Waals surface area contributed by atoms with E-state index in [0.717, 1.165) is 0 Å². The molecule has 0 saturated carbocycles. The predicted molar refractivity (Wildman–Crippen MR) is 55.8 cm³/mol. The molecule has 0 aromatic heterocycles. The highest BCUT2D eigenvalue weighted by molar-refractivity contribution is 5.95. The number of rotatable bonds is 1. The number of cyclic esters (lactones) is 1. The van der Waals surface area contributed by atoms with Gasteiger partial charge in [-0.1, -0.05) is 6.58 Å². The predicted octanol–water partition coefficient (Wildman–Crippen LogP) is 2.27. The lowest BCUT2D eigenvalue weighted by atomic mass is 9.93. The Hall–Kier alpha value is -1.77. The van der Waals surface area contributed by atoms with Crippen LogP contribution in [0.5, 0.6) is 5.75 Å². The molecular weight excluding hydrogens is 192 g/mol. The van der Waals surface area contributed by atoms with Crippen molar-refractivity contribution in [1.82, 2.24) is 0 Å². The van der Waals surface area contributed by atoms with Gasteiger partial charge in [0.25, 0.3) is 0 Å². The third-order valence-corrected chi connectivity index (χ3v) is 2.79. The van der Waals surface area contributed by atoms with Gasteiger partial charge >= 0.3 is 5.97 Å². The molecule has 78 valence electrons. The van der Waals surface area contributed by atoms with Crippen molar-refractivity contribution in [3.63, 3.8) is 0 Å². The summed E-state index contributed by atoms with van der Waals surface area (Å²) in [7, 11) is 0. The van der Waals surface area contributed by atoms with E-state index in [1.54, 1.807) is 32.1 Å². The Morgan fingerprint density at radius 1 is 1.53 bits per heavy atom. The van der Waals surface area contributed by atoms with Crippen LogP contribution in [0.2, 0.25) is 0 Å². The second kappa shape index (κ2) is 2.86. The molecule has 0 aliphatic carbocycles. The monoisotopic (exact) mass is 204 g/mol. The molecule has 0 amide bonds. The Bertz CT molecular complexity index is 462. The highest BCUT2D eigenvalue weighted by Crippen LogP contribution is 2.39. The molecule has 3 nitrogen and oxygen atoms in total. The summed E-state index contributed by atoms with van der Waals surface area (Å²) < 4.78 is 5.21. The van der Waals surface area contributed by atoms with Gasteiger partial charge in [-0.2, -0.15) is 0 Å². The van der Waals surface area contributed by atoms with Gasteiger partial charge in [0, 0.05) is 5.56 Å². The largest absolute Gasteiger partial charge is 0.508 e. The fourth-order valence-electron chi connectivity index (χ4n) is 1.73. The summed E-state index contributed by atoms with van der Waals surface area (Å²) in [5.41, 5.74) is 1.02. The molecule has 1 aliphatic heterocycles. The van der Waals surface area contributed by atoms with E-state index in [2.05, 4.69) is 6.58 Å². The van der Waals surface area contributed by atoms with Crippen LogP contribution in [0.25, 0.3) is 0 Å². The number of phenols is 1. The van der Waals surface area contributed by atoms with Crippen LogP contribution in [0, 0.1) is 6.92 Å². The molecule has 3 heteroatoms. The van der Waals surface area contributed by atoms with E-state index in [-0.39, 0.29) is 11.7 Å². The fourth-order valence-corrected chi connectivity index (χ4v) is 1.73. The van der Waals surface area contributed by atoms with Crippen LogP contribution in [-0.2, 0) is 10.3 Å². The van der Waals surface area contributed by atoms with Gasteiger partial charge in [0.1, 0.15) is 5.75 Å². The Morgan fingerprint density at radius 2 is 2.20 bits per heavy atom. The van der Waals surface area contributed by atoms with E-state index in [4.69, 9.17) is 4.74 Å². The number of aryl methyl sites for hydroxylation is 1. The number of aromatic hydroxyl groups is 1. The molecule has 1 aromatic carbocycles. The maximum atomic E-state index is 11.6. The van der Waals surface area contributed by atoms with Crippen molar-refractivity contribution >= 4 is 5.97 Å². The molecule has 1 heterocycles. The van der Waals surface area contributed by atoms with Crippen molar-refractivity contribution in [2.45, 2.75) is 19.4 Å². The van der Waals surface area contributed by atoms with Gasteiger partial charge in [-0.25, -0.2) is 4.79 Å². The zero-order chi connectivity index (χ0) is 11.2. The quantitative estimate of drug-likeness (QED) is 0.563. The third-order valence-electron chi connectivity index (χ3n) is 2.79. The minimum Gasteiger partial charge on any atom is -0.508 e. The van der Waals surface area contributed by atoms with Crippen molar-refractivity contribution in [3.05, 3.63) is 41.5 Å². The summed E-state index contributed by atoms with van der Waals surface area (Å²) >= 11 is 0. The summed E-state index contributed by atoms with van der Waals surface area (Å²) in [5.74, 6) is -0.198. The standard InChI is InChI=1S/C12H12O3/c1-4-12(3)9-6-10(13)7(2)5-8(9)11(14)15-12/h4-6,13H,1H2,2-3H3. The number of fused-ring (bicyclic) bond motifs is 1. The lowest BCUT2D eigenvalue weighted by molar-refractivity contribution is 0.0208. The summed E-state index contributed by atoms with van der Waals surface area (Å²) in [5, 5.41) is 9.60. The SMILES string of the molecule is C=CC1(C)OC(=O)c2cc(C)c(O)cc21. The van der Waals surface area contributed by atoms with Gasteiger partial charge in [-0.3, -0.25) is 0 Å². The first-order chi connectivity index (χ1) is 6.98. The number of carbonyl (C=O) groups excluding carboxylic acids is 1. The van der Waals surface area contributed by atoms with Crippen molar-refractivity contribution in [2.75, 3.05) is 0 Å². The number of hydrogen-bond donors (Lipinski definition) is 1. The van der Waals surface area contributed by atoms with E-state index in [1.807, 2.05) is 0 Å². The van der Waals surface area contributed by atoms with E-state index < -0.39 is 5.60 Å². The van der Waals surface area contributed by atoms with Gasteiger partial charge in [0.15, 0.2) is 5.60 Å². The number of hydrogen-bond acceptors (Lipinski definition) is 3. The average molecular weight is 204 g/mol. The van der Waals surface area contributed by atoms with E-state index in [9.17, 15) is 9.90 Å². The molecule has 1 unspecified atom stereocenters. The minimum atomic E-state index is -0.822. The van der Waals surface area contributed by atoms with Gasteiger partial charge in [-0.15, -0.1) is 0 Å². The lowest BCUT2D eigenvalue weighted by Crippen LogP contribution is -2.17. The Kier molecular flexibility index (Phi) is 1.86. The Balaban J connectivity index is 2.71. The number of carbonyl (C=O) groups is 1. The normalized spacial score (nSPS) is 23.5. The lowest BCUT2D eigenvalue weighted by Gasteiger charge is -2.19. The molecule has 0 radical (unpaired) electrons. The molecule has 1 N–H and O–H groups in total. The van der Waals surface area contributed by atoms with E-state index in [1.165, 1.54) is 0 Å². The van der Waals surface area contributed by atoms with Gasteiger partial charge < -0.3 is 9.84 Å². The molecule has 2 rings (SSSR count). The average Bonchev–Trinajstić information content (AvgIpc) is 2.42. The van der Waals surface area contributed by atoms with Crippen molar-refractivity contribution in [1.29, 1.82) is 0 Å². The van der Waals surface area contributed by atoms with Crippen molar-refractivity contribution in [2.24, 2.45) is 0 Å². The van der Waals surface area contributed by atoms with Gasteiger partial charge in [-0.05, 0) is 37.6 Å². The second-order valence-electron chi connectivity index (χ2n) is 3.88. The summed E-state index contributed by atoms with van der Waals surface area (Å²) in [4.78, 5) is 11.6. The maximum Gasteiger partial charge on any atom is 0.339 e. The molecular formula is C12H12O3. The molecule has 0 bridgehead atoms. The summed E-state index contributed by atoms with van der Waals surface area (Å²) in [6.45, 7) is 7.13. The number of benzene rings is 1. The Morgan fingerprint density at radius 3 is 2.80 bits per heavy atom. The number of esters is 1. The molecule has 1 aliphatic rings. The third kappa shape index (κ3) is 1.23. The van der Waals surface area contributed by atoms with Crippen LogP contribution in [0.3, 0.4) is 0 Å². The first-order valence-corrected chi connectivity index (χ1v) is 4.69. The molecule has 1 atom stereocenters. The van der Waals surface area contributed by atoms with Crippen molar-refractivity contribution in [3.8, 4) is 5.75 Å². The number of ether oxygens (including phenoxy) is 1. The van der Waals surface area contributed by atoms with E-state index >= 15 is 0 Å². The van der Waals surface area contributed by atoms with Crippen LogP contribution in [0.1, 0.15) is 28.4 Å². The molecule has 0 spiro atoms. The molecule has 15 heavy (non-hydrogen) atoms. The second-order valence-corrected chi connectivity index (χ2v) is 3.88. The van der Waals surface area contributed by atoms with Gasteiger partial charge in [0.05, 0.1) is 5.56 Å². The minimum absolute atomic E-state index is 0.167. The highest BCUT2D eigenvalue weighted by atomic mass is 16.6. The topological polar surface area (TPSA) is 46.5 Å². The molecule has 0 saturated heterocycles. The first kappa shape index (κ1) is 9.77. The summed E-state index contributed by atoms with van der Waals surface area (Å²) in [6.07, 6.45) is 1.56. The van der Waals surface area contributed by atoms with Crippen LogP contribution >= 0.6 is 0 Å². The molecule has 1 aromatic rings. The Labute approximate surface area is 88.0 Å². The number of phenolic OH excluding ortho intramolecular Hbond substituents is 1. The maximum absolute atomic E-state index is 11.6. The van der Waals surface area contributed by atoms with Crippen LogP contribution in [-0.4, -0.2) is 11.1 Å². The van der Waals surface area contributed by atoms with Crippen LogP contribution in [0.15, 0.2) is 24.8 Å².